The molecule has 0 saturated heterocycles. The highest BCUT2D eigenvalue weighted by molar-refractivity contribution is 5.99. The molecule has 1 fully saturated rings. The third-order valence-electron chi connectivity index (χ3n) is 3.34. The summed E-state index contributed by atoms with van der Waals surface area (Å²) in [5.74, 6) is 1.15. The van der Waals surface area contributed by atoms with Crippen LogP contribution in [-0.4, -0.2) is 39.6 Å². The smallest absolute Gasteiger partial charge is 0.345 e. The second-order valence-electron chi connectivity index (χ2n) is 4.92. The van der Waals surface area contributed by atoms with Gasteiger partial charge >= 0.3 is 5.97 Å². The molecule has 0 aromatic carbocycles. The highest BCUT2D eigenvalue weighted by Crippen LogP contribution is 2.30. The quantitative estimate of drug-likeness (QED) is 0.785. The lowest BCUT2D eigenvalue weighted by Gasteiger charge is -2.03. The Bertz CT molecular complexity index is 650. The van der Waals surface area contributed by atoms with E-state index in [0.29, 0.717) is 17.6 Å². The number of hydrogen-bond donors (Lipinski definition) is 2. The Hall–Kier alpha value is -2.64. The zero-order chi connectivity index (χ0) is 14.8. The molecule has 3 N–H and O–H groups in total. The standard InChI is InChI=1S/C13H16N6O2/c1-21-13(20)10-11(14)19(9-3-2-6-16-17-9)18-12(10)15-7-8-4-5-8/h2-3,6,8H,4-5,7,14H2,1H3,(H,15,18). The molecule has 3 rings (SSSR count). The molecule has 2 aromatic heterocycles. The Kier molecular flexibility index (Phi) is 3.43. The maximum atomic E-state index is 11.9. The maximum absolute atomic E-state index is 11.9. The molecule has 2 heterocycles. The van der Waals surface area contributed by atoms with Crippen LogP contribution in [0.4, 0.5) is 11.6 Å². The molecule has 21 heavy (non-hydrogen) atoms. The average molecular weight is 288 g/mol. The second-order valence-corrected chi connectivity index (χ2v) is 4.92. The number of carbonyl (C=O) groups is 1. The molecule has 0 bridgehead atoms. The van der Waals surface area contributed by atoms with Crippen LogP contribution in [0.25, 0.3) is 5.82 Å². The van der Waals surface area contributed by atoms with Crippen molar-refractivity contribution >= 4 is 17.6 Å². The van der Waals surface area contributed by atoms with E-state index >= 15 is 0 Å². The molecule has 0 spiro atoms. The fourth-order valence-electron chi connectivity index (χ4n) is 2.00. The van der Waals surface area contributed by atoms with Crippen molar-refractivity contribution < 1.29 is 9.53 Å². The number of nitrogen functional groups attached to an aromatic ring is 1. The van der Waals surface area contributed by atoms with Crippen LogP contribution >= 0.6 is 0 Å². The minimum Gasteiger partial charge on any atom is -0.465 e. The van der Waals surface area contributed by atoms with Gasteiger partial charge in [-0.1, -0.05) is 0 Å². The van der Waals surface area contributed by atoms with Gasteiger partial charge in [-0.2, -0.15) is 9.78 Å². The lowest BCUT2D eigenvalue weighted by molar-refractivity contribution is 0.0603. The number of esters is 1. The third kappa shape index (κ3) is 2.64. The predicted molar refractivity (Wildman–Crippen MR) is 76.1 cm³/mol. The number of aromatic nitrogens is 4. The fourth-order valence-corrected chi connectivity index (χ4v) is 2.00. The first kappa shape index (κ1) is 13.3. The van der Waals surface area contributed by atoms with E-state index < -0.39 is 5.97 Å². The first-order valence-corrected chi connectivity index (χ1v) is 6.69. The number of ether oxygens (including phenoxy) is 1. The van der Waals surface area contributed by atoms with E-state index in [1.165, 1.54) is 24.6 Å². The van der Waals surface area contributed by atoms with Crippen LogP contribution in [0.2, 0.25) is 0 Å². The number of hydrogen-bond acceptors (Lipinski definition) is 7. The van der Waals surface area contributed by atoms with E-state index in [9.17, 15) is 4.79 Å². The number of nitrogens with one attached hydrogen (secondary N) is 1. The zero-order valence-corrected chi connectivity index (χ0v) is 11.6. The predicted octanol–water partition coefficient (Wildman–Crippen LogP) is 0.853. The average Bonchev–Trinajstić information content (AvgIpc) is 3.28. The summed E-state index contributed by atoms with van der Waals surface area (Å²) >= 11 is 0. The van der Waals surface area contributed by atoms with Gasteiger partial charge in [-0.25, -0.2) is 4.79 Å². The molecular weight excluding hydrogens is 272 g/mol. The van der Waals surface area contributed by atoms with Gasteiger partial charge in [-0.05, 0) is 30.9 Å². The Balaban J connectivity index is 1.98. The van der Waals surface area contributed by atoms with E-state index in [-0.39, 0.29) is 11.4 Å². The molecule has 1 saturated carbocycles. The van der Waals surface area contributed by atoms with E-state index in [0.717, 1.165) is 6.54 Å². The molecule has 1 aliphatic rings. The van der Waals surface area contributed by atoms with Crippen molar-refractivity contribution in [3.63, 3.8) is 0 Å². The molecule has 8 heteroatoms. The minimum absolute atomic E-state index is 0.181. The Morgan fingerprint density at radius 1 is 1.57 bits per heavy atom. The summed E-state index contributed by atoms with van der Waals surface area (Å²) in [5.41, 5.74) is 6.25. The van der Waals surface area contributed by atoms with Crippen molar-refractivity contribution in [3.8, 4) is 5.82 Å². The van der Waals surface area contributed by atoms with Crippen molar-refractivity contribution in [2.24, 2.45) is 5.92 Å². The van der Waals surface area contributed by atoms with Crippen molar-refractivity contribution in [1.29, 1.82) is 0 Å². The van der Waals surface area contributed by atoms with E-state index in [1.807, 2.05) is 0 Å². The van der Waals surface area contributed by atoms with Crippen LogP contribution in [0, 0.1) is 5.92 Å². The fraction of sp³-hybridized carbons (Fsp3) is 0.385. The molecule has 0 aliphatic heterocycles. The SMILES string of the molecule is COC(=O)c1c(NCC2CC2)nn(-c2cccnn2)c1N. The number of nitrogens with zero attached hydrogens (tertiary/aromatic N) is 4. The molecular formula is C13H16N6O2. The lowest BCUT2D eigenvalue weighted by Crippen LogP contribution is -2.10. The highest BCUT2D eigenvalue weighted by atomic mass is 16.5. The van der Waals surface area contributed by atoms with E-state index in [4.69, 9.17) is 10.5 Å². The van der Waals surface area contributed by atoms with Crippen LogP contribution in [0.15, 0.2) is 18.3 Å². The Labute approximate surface area is 121 Å². The number of rotatable bonds is 5. The van der Waals surface area contributed by atoms with Gasteiger partial charge < -0.3 is 15.8 Å². The van der Waals surface area contributed by atoms with Gasteiger partial charge in [-0.3, -0.25) is 0 Å². The first-order chi connectivity index (χ1) is 10.2. The molecule has 0 atom stereocenters. The summed E-state index contributed by atoms with van der Waals surface area (Å²) in [5, 5.41) is 15.2. The van der Waals surface area contributed by atoms with Crippen molar-refractivity contribution in [1.82, 2.24) is 20.0 Å². The third-order valence-corrected chi connectivity index (χ3v) is 3.34. The monoisotopic (exact) mass is 288 g/mol. The van der Waals surface area contributed by atoms with E-state index in [2.05, 4.69) is 20.6 Å². The normalized spacial score (nSPS) is 14.0. The Morgan fingerprint density at radius 2 is 2.38 bits per heavy atom. The number of anilines is 2. The van der Waals surface area contributed by atoms with Gasteiger partial charge in [0.15, 0.2) is 11.6 Å². The molecule has 0 unspecified atom stereocenters. The highest BCUT2D eigenvalue weighted by Gasteiger charge is 2.26. The molecule has 8 nitrogen and oxygen atoms in total. The summed E-state index contributed by atoms with van der Waals surface area (Å²) in [6.07, 6.45) is 3.94. The summed E-state index contributed by atoms with van der Waals surface area (Å²) in [7, 11) is 1.31. The van der Waals surface area contributed by atoms with Crippen molar-refractivity contribution in [2.75, 3.05) is 24.7 Å². The van der Waals surface area contributed by atoms with Gasteiger partial charge in [0.25, 0.3) is 0 Å². The van der Waals surface area contributed by atoms with Gasteiger partial charge in [0.1, 0.15) is 11.4 Å². The van der Waals surface area contributed by atoms with Gasteiger partial charge in [0, 0.05) is 12.7 Å². The van der Waals surface area contributed by atoms with E-state index in [1.54, 1.807) is 18.3 Å². The lowest BCUT2D eigenvalue weighted by atomic mass is 10.3. The summed E-state index contributed by atoms with van der Waals surface area (Å²) in [6, 6.07) is 3.43. The van der Waals surface area contributed by atoms with Crippen LogP contribution in [0.3, 0.4) is 0 Å². The minimum atomic E-state index is -0.527. The van der Waals surface area contributed by atoms with Crippen LogP contribution in [0.1, 0.15) is 23.2 Å². The first-order valence-electron chi connectivity index (χ1n) is 6.69. The largest absolute Gasteiger partial charge is 0.465 e. The topological polar surface area (TPSA) is 108 Å². The summed E-state index contributed by atoms with van der Waals surface area (Å²) in [6.45, 7) is 0.765. The zero-order valence-electron chi connectivity index (χ0n) is 11.6. The van der Waals surface area contributed by atoms with Crippen molar-refractivity contribution in [3.05, 3.63) is 23.9 Å². The molecule has 2 aromatic rings. The molecule has 0 amide bonds. The summed E-state index contributed by atoms with van der Waals surface area (Å²) < 4.78 is 6.16. The maximum Gasteiger partial charge on any atom is 0.345 e. The second kappa shape index (κ2) is 5.39. The molecule has 110 valence electrons. The number of carbonyl (C=O) groups excluding carboxylic acids is 1. The van der Waals surface area contributed by atoms with Gasteiger partial charge in [-0.15, -0.1) is 10.2 Å². The van der Waals surface area contributed by atoms with Crippen molar-refractivity contribution in [2.45, 2.75) is 12.8 Å². The van der Waals surface area contributed by atoms with Gasteiger partial charge in [0.05, 0.1) is 7.11 Å². The van der Waals surface area contributed by atoms with Crippen LogP contribution < -0.4 is 11.1 Å². The molecule has 1 aliphatic carbocycles. The summed E-state index contributed by atoms with van der Waals surface area (Å²) in [4.78, 5) is 11.9. The van der Waals surface area contributed by atoms with Gasteiger partial charge in [0.2, 0.25) is 0 Å². The molecule has 0 radical (unpaired) electrons. The van der Waals surface area contributed by atoms with Crippen LogP contribution in [0.5, 0.6) is 0 Å². The number of nitrogens with two attached hydrogens (primary N) is 1. The number of methoxy groups -OCH3 is 1. The van der Waals surface area contributed by atoms with Crippen LogP contribution in [-0.2, 0) is 4.74 Å². The Morgan fingerprint density at radius 3 is 3.00 bits per heavy atom.